The number of carbonyl (C=O) groups excluding carboxylic acids is 1. The van der Waals surface area contributed by atoms with Crippen LogP contribution in [0, 0.1) is 5.41 Å². The van der Waals surface area contributed by atoms with Gasteiger partial charge in [0.15, 0.2) is 0 Å². The molecule has 5 nitrogen and oxygen atoms in total. The van der Waals surface area contributed by atoms with Gasteiger partial charge < -0.3 is 4.84 Å². The zero-order valence-corrected chi connectivity index (χ0v) is 16.7. The quantitative estimate of drug-likeness (QED) is 0.687. The summed E-state index contributed by atoms with van der Waals surface area (Å²) in [5.41, 5.74) is -0.263. The third-order valence-corrected chi connectivity index (χ3v) is 5.34. The molecule has 0 aromatic carbocycles. The second-order valence-electron chi connectivity index (χ2n) is 7.79. The van der Waals surface area contributed by atoms with Gasteiger partial charge in [0.25, 0.3) is 0 Å². The molecule has 1 atom stereocenters. The smallest absolute Gasteiger partial charge is 0.367 e. The average Bonchev–Trinajstić information content (AvgIpc) is 3.10. The van der Waals surface area contributed by atoms with Crippen molar-refractivity contribution in [3.63, 3.8) is 0 Å². The number of alkyl halides is 3. The molecule has 2 aromatic heterocycles. The summed E-state index contributed by atoms with van der Waals surface area (Å²) in [6, 6.07) is 2.16. The summed E-state index contributed by atoms with van der Waals surface area (Å²) in [4.78, 5) is 26.0. The Morgan fingerprint density at radius 2 is 2.00 bits per heavy atom. The van der Waals surface area contributed by atoms with E-state index >= 15 is 0 Å². The number of hydrogen-bond donors (Lipinski definition) is 0. The lowest BCUT2D eigenvalue weighted by atomic mass is 9.97. The summed E-state index contributed by atoms with van der Waals surface area (Å²) in [5, 5.41) is 4.13. The van der Waals surface area contributed by atoms with Crippen molar-refractivity contribution in [3.8, 4) is 10.6 Å². The number of hydroxylamine groups is 2. The first kappa shape index (κ1) is 20.7. The van der Waals surface area contributed by atoms with E-state index in [1.807, 2.05) is 5.38 Å². The second kappa shape index (κ2) is 7.79. The molecule has 9 heteroatoms. The third-order valence-electron chi connectivity index (χ3n) is 4.43. The van der Waals surface area contributed by atoms with Gasteiger partial charge in [0.2, 0.25) is 0 Å². The molecule has 0 unspecified atom stereocenters. The van der Waals surface area contributed by atoms with Gasteiger partial charge >= 0.3 is 12.1 Å². The van der Waals surface area contributed by atoms with Crippen molar-refractivity contribution in [1.82, 2.24) is 15.0 Å². The van der Waals surface area contributed by atoms with Crippen LogP contribution in [0.2, 0.25) is 0 Å². The fraction of sp³-hybridized carbons (Fsp3) is 0.526. The number of pyridine rings is 1. The lowest BCUT2D eigenvalue weighted by Crippen LogP contribution is -2.39. The van der Waals surface area contributed by atoms with Crippen LogP contribution in [-0.4, -0.2) is 27.5 Å². The van der Waals surface area contributed by atoms with Gasteiger partial charge in [-0.25, -0.2) is 9.78 Å². The molecule has 152 valence electrons. The van der Waals surface area contributed by atoms with Crippen LogP contribution < -0.4 is 0 Å². The number of hydrogen-bond acceptors (Lipinski definition) is 6. The van der Waals surface area contributed by atoms with E-state index in [4.69, 9.17) is 4.84 Å². The Morgan fingerprint density at radius 1 is 1.25 bits per heavy atom. The summed E-state index contributed by atoms with van der Waals surface area (Å²) in [5.74, 6) is -0.304. The molecule has 0 radical (unpaired) electrons. The molecule has 28 heavy (non-hydrogen) atoms. The Morgan fingerprint density at radius 3 is 2.61 bits per heavy atom. The minimum atomic E-state index is -4.47. The summed E-state index contributed by atoms with van der Waals surface area (Å²) in [6.45, 7) is 6.02. The first-order chi connectivity index (χ1) is 13.1. The first-order valence-corrected chi connectivity index (χ1v) is 9.92. The van der Waals surface area contributed by atoms with Crippen LogP contribution in [0.25, 0.3) is 10.6 Å². The Kier molecular flexibility index (Phi) is 5.77. The van der Waals surface area contributed by atoms with Crippen molar-refractivity contribution in [1.29, 1.82) is 0 Å². The molecule has 0 N–H and O–H groups in total. The highest BCUT2D eigenvalue weighted by molar-refractivity contribution is 7.13. The van der Waals surface area contributed by atoms with E-state index in [9.17, 15) is 18.0 Å². The van der Waals surface area contributed by atoms with Gasteiger partial charge in [0.1, 0.15) is 10.7 Å². The average molecular weight is 413 g/mol. The predicted molar refractivity (Wildman–Crippen MR) is 99.2 cm³/mol. The molecule has 1 saturated heterocycles. The lowest BCUT2D eigenvalue weighted by Gasteiger charge is -2.34. The van der Waals surface area contributed by atoms with Crippen LogP contribution in [0.4, 0.5) is 13.2 Å². The molecule has 0 saturated carbocycles. The predicted octanol–water partition coefficient (Wildman–Crippen LogP) is 5.26. The van der Waals surface area contributed by atoms with Crippen LogP contribution >= 0.6 is 11.3 Å². The van der Waals surface area contributed by atoms with Crippen molar-refractivity contribution < 1.29 is 22.8 Å². The van der Waals surface area contributed by atoms with E-state index in [1.165, 1.54) is 23.6 Å². The molecule has 0 bridgehead atoms. The zero-order valence-electron chi connectivity index (χ0n) is 15.9. The Hall–Kier alpha value is -2.00. The van der Waals surface area contributed by atoms with Crippen LogP contribution in [0.3, 0.4) is 0 Å². The largest absolute Gasteiger partial charge is 0.433 e. The molecule has 2 aromatic rings. The van der Waals surface area contributed by atoms with Crippen LogP contribution in [0.1, 0.15) is 57.5 Å². The highest BCUT2D eigenvalue weighted by Crippen LogP contribution is 2.35. The van der Waals surface area contributed by atoms with Crippen molar-refractivity contribution in [2.24, 2.45) is 5.41 Å². The van der Waals surface area contributed by atoms with E-state index in [0.29, 0.717) is 17.1 Å². The Bertz CT molecular complexity index is 828. The van der Waals surface area contributed by atoms with E-state index in [1.54, 1.807) is 25.8 Å². The summed E-state index contributed by atoms with van der Waals surface area (Å²) < 4.78 is 38.0. The first-order valence-electron chi connectivity index (χ1n) is 9.04. The zero-order chi connectivity index (χ0) is 20.5. The highest BCUT2D eigenvalue weighted by Gasteiger charge is 2.34. The van der Waals surface area contributed by atoms with E-state index in [2.05, 4.69) is 9.97 Å². The van der Waals surface area contributed by atoms with Gasteiger partial charge in [-0.3, -0.25) is 4.98 Å². The highest BCUT2D eigenvalue weighted by atomic mass is 32.1. The van der Waals surface area contributed by atoms with Crippen LogP contribution in [0.5, 0.6) is 0 Å². The number of nitrogens with zero attached hydrogens (tertiary/aromatic N) is 3. The number of carbonyl (C=O) groups is 1. The van der Waals surface area contributed by atoms with Crippen molar-refractivity contribution in [2.75, 3.05) is 6.54 Å². The van der Waals surface area contributed by atoms with Gasteiger partial charge in [-0.15, -0.1) is 16.4 Å². The molecular formula is C19H22F3N3O2S. The number of thiazole rings is 1. The summed E-state index contributed by atoms with van der Waals surface area (Å²) >= 11 is 1.34. The molecule has 3 heterocycles. The number of piperidine rings is 1. The Balaban J connectivity index is 1.78. The molecule has 1 aliphatic heterocycles. The van der Waals surface area contributed by atoms with Crippen molar-refractivity contribution >= 4 is 17.3 Å². The Labute approximate surface area is 165 Å². The molecule has 1 aliphatic rings. The maximum atomic E-state index is 12.7. The van der Waals surface area contributed by atoms with Crippen molar-refractivity contribution in [3.05, 3.63) is 35.1 Å². The van der Waals surface area contributed by atoms with E-state index in [-0.39, 0.29) is 12.0 Å². The van der Waals surface area contributed by atoms with Gasteiger partial charge in [-0.1, -0.05) is 0 Å². The van der Waals surface area contributed by atoms with E-state index < -0.39 is 17.3 Å². The summed E-state index contributed by atoms with van der Waals surface area (Å²) in [7, 11) is 0. The number of aromatic nitrogens is 2. The maximum absolute atomic E-state index is 12.7. The number of rotatable bonds is 3. The molecule has 0 aliphatic carbocycles. The molecule has 1 fully saturated rings. The van der Waals surface area contributed by atoms with Gasteiger partial charge in [0, 0.05) is 23.7 Å². The SMILES string of the molecule is CC(C)(C)C(=O)ON1CCCC[C@@H]1c1csc(-c2ccc(C(F)(F)F)nc2)n1. The van der Waals surface area contributed by atoms with Gasteiger partial charge in [0.05, 0.1) is 17.2 Å². The minimum absolute atomic E-state index is 0.160. The van der Waals surface area contributed by atoms with Crippen LogP contribution in [0.15, 0.2) is 23.7 Å². The lowest BCUT2D eigenvalue weighted by molar-refractivity contribution is -0.218. The maximum Gasteiger partial charge on any atom is 0.433 e. The standard InChI is InChI=1S/C19H22F3N3O2S/c1-18(2,3)17(26)27-25-9-5-4-6-14(25)13-11-28-16(24-13)12-7-8-15(23-10-12)19(20,21)22/h7-8,10-11,14H,4-6,9H2,1-3H3/t14-/m1/s1. The summed E-state index contributed by atoms with van der Waals surface area (Å²) in [6.07, 6.45) is -0.571. The topological polar surface area (TPSA) is 55.3 Å². The van der Waals surface area contributed by atoms with Gasteiger partial charge in [-0.2, -0.15) is 13.2 Å². The van der Waals surface area contributed by atoms with Gasteiger partial charge in [-0.05, 0) is 52.2 Å². The second-order valence-corrected chi connectivity index (χ2v) is 8.65. The fourth-order valence-corrected chi connectivity index (χ4v) is 3.67. The fourth-order valence-electron chi connectivity index (χ4n) is 2.81. The molecular weight excluding hydrogens is 391 g/mol. The monoisotopic (exact) mass is 413 g/mol. The molecule has 3 rings (SSSR count). The number of halogens is 3. The molecule has 0 spiro atoms. The normalized spacial score (nSPS) is 18.9. The minimum Gasteiger partial charge on any atom is -0.367 e. The molecule has 0 amide bonds. The van der Waals surface area contributed by atoms with Crippen LogP contribution in [-0.2, 0) is 15.8 Å². The van der Waals surface area contributed by atoms with E-state index in [0.717, 1.165) is 31.0 Å². The third kappa shape index (κ3) is 4.70. The van der Waals surface area contributed by atoms with Crippen molar-refractivity contribution in [2.45, 2.75) is 52.3 Å².